The number of nitrogens with two attached hydrogens (primary N) is 4. The Morgan fingerprint density at radius 3 is 1.23 bits per heavy atom. The van der Waals surface area contributed by atoms with Gasteiger partial charge in [-0.2, -0.15) is 0 Å². The van der Waals surface area contributed by atoms with Gasteiger partial charge in [-0.25, -0.2) is 0 Å². The van der Waals surface area contributed by atoms with Gasteiger partial charge < -0.3 is 22.9 Å². The predicted molar refractivity (Wildman–Crippen MR) is 104 cm³/mol. The second kappa shape index (κ2) is 8.34. The molecule has 8 N–H and O–H groups in total. The zero-order valence-electron chi connectivity index (χ0n) is 14.1. The molecule has 0 radical (unpaired) electrons. The first-order valence-electron chi connectivity index (χ1n) is 7.78. The molecule has 0 atom stereocenters. The van der Waals surface area contributed by atoms with Crippen LogP contribution < -0.4 is 22.9 Å². The molecule has 0 saturated carbocycles. The summed E-state index contributed by atoms with van der Waals surface area (Å²) >= 11 is 0. The standard InChI is InChI=1S/C12H12N2.C8H8N2O2/c13-11-5-1-9(2-6-11)10-3-7-12(14)8-4-10;9-7(11)5-2-1-3-6(4-5)8(10)12/h1-8H,13-14H2;1-4H,(H2,9,11)(H2,10,12). The molecule has 0 heterocycles. The van der Waals surface area contributed by atoms with E-state index in [0.29, 0.717) is 0 Å². The van der Waals surface area contributed by atoms with Crippen molar-refractivity contribution in [3.8, 4) is 11.1 Å². The highest BCUT2D eigenvalue weighted by atomic mass is 16.1. The quantitative estimate of drug-likeness (QED) is 0.540. The van der Waals surface area contributed by atoms with Crippen molar-refractivity contribution in [2.45, 2.75) is 0 Å². The first-order chi connectivity index (χ1) is 12.4. The monoisotopic (exact) mass is 348 g/mol. The number of amides is 2. The fourth-order valence-corrected chi connectivity index (χ4v) is 2.18. The fourth-order valence-electron chi connectivity index (χ4n) is 2.18. The Labute approximate surface area is 151 Å². The van der Waals surface area contributed by atoms with Crippen molar-refractivity contribution in [2.75, 3.05) is 11.5 Å². The van der Waals surface area contributed by atoms with Crippen LogP contribution >= 0.6 is 0 Å². The van der Waals surface area contributed by atoms with Gasteiger partial charge in [-0.05, 0) is 53.6 Å². The van der Waals surface area contributed by atoms with Gasteiger partial charge in [0.1, 0.15) is 0 Å². The molecule has 0 fully saturated rings. The lowest BCUT2D eigenvalue weighted by molar-refractivity contribution is 0.0999. The van der Waals surface area contributed by atoms with Crippen molar-refractivity contribution in [1.29, 1.82) is 0 Å². The largest absolute Gasteiger partial charge is 0.399 e. The Kier molecular flexibility index (Phi) is 5.95. The Balaban J connectivity index is 0.000000190. The molecule has 0 aliphatic heterocycles. The van der Waals surface area contributed by atoms with Crippen LogP contribution in [0.2, 0.25) is 0 Å². The summed E-state index contributed by atoms with van der Waals surface area (Å²) in [6.45, 7) is 0. The van der Waals surface area contributed by atoms with E-state index in [0.717, 1.165) is 22.5 Å². The van der Waals surface area contributed by atoms with E-state index in [1.807, 2.05) is 48.5 Å². The van der Waals surface area contributed by atoms with E-state index in [1.54, 1.807) is 6.07 Å². The van der Waals surface area contributed by atoms with E-state index in [4.69, 9.17) is 22.9 Å². The lowest BCUT2D eigenvalue weighted by Crippen LogP contribution is -2.14. The number of benzene rings is 3. The second-order valence-electron chi connectivity index (χ2n) is 5.55. The van der Waals surface area contributed by atoms with Crippen molar-refractivity contribution < 1.29 is 9.59 Å². The molecule has 0 aliphatic rings. The molecule has 0 spiro atoms. The third-order valence-corrected chi connectivity index (χ3v) is 3.59. The van der Waals surface area contributed by atoms with Crippen LogP contribution in [0.1, 0.15) is 20.7 Å². The van der Waals surface area contributed by atoms with Crippen LogP contribution in [0.3, 0.4) is 0 Å². The smallest absolute Gasteiger partial charge is 0.248 e. The van der Waals surface area contributed by atoms with Crippen LogP contribution in [-0.4, -0.2) is 11.8 Å². The summed E-state index contributed by atoms with van der Waals surface area (Å²) in [5.74, 6) is -1.14. The van der Waals surface area contributed by atoms with Crippen molar-refractivity contribution in [3.63, 3.8) is 0 Å². The van der Waals surface area contributed by atoms with E-state index < -0.39 is 11.8 Å². The highest BCUT2D eigenvalue weighted by Crippen LogP contribution is 2.21. The fraction of sp³-hybridized carbons (Fsp3) is 0. The van der Waals surface area contributed by atoms with Gasteiger partial charge in [0.2, 0.25) is 11.8 Å². The molecule has 3 aromatic carbocycles. The number of nitrogen functional groups attached to an aromatic ring is 2. The van der Waals surface area contributed by atoms with Crippen LogP contribution in [0.15, 0.2) is 72.8 Å². The summed E-state index contributed by atoms with van der Waals surface area (Å²) in [4.78, 5) is 21.3. The van der Waals surface area contributed by atoms with E-state index in [1.165, 1.54) is 18.2 Å². The average molecular weight is 348 g/mol. The van der Waals surface area contributed by atoms with Crippen LogP contribution in [0.5, 0.6) is 0 Å². The van der Waals surface area contributed by atoms with Gasteiger partial charge >= 0.3 is 0 Å². The molecule has 26 heavy (non-hydrogen) atoms. The Hall–Kier alpha value is -3.80. The molecule has 0 aromatic heterocycles. The van der Waals surface area contributed by atoms with Crippen LogP contribution in [0.4, 0.5) is 11.4 Å². The summed E-state index contributed by atoms with van der Waals surface area (Å²) in [6.07, 6.45) is 0. The highest BCUT2D eigenvalue weighted by molar-refractivity contribution is 5.98. The van der Waals surface area contributed by atoms with E-state index in [2.05, 4.69) is 0 Å². The molecule has 0 bridgehead atoms. The normalized spacial score (nSPS) is 9.69. The number of hydrogen-bond acceptors (Lipinski definition) is 4. The molecule has 0 unspecified atom stereocenters. The maximum atomic E-state index is 10.6. The minimum atomic E-state index is -0.571. The molecule has 6 nitrogen and oxygen atoms in total. The molecule has 2 amide bonds. The number of hydrogen-bond donors (Lipinski definition) is 4. The van der Waals surface area contributed by atoms with E-state index in [9.17, 15) is 9.59 Å². The van der Waals surface area contributed by atoms with Crippen molar-refractivity contribution >= 4 is 23.2 Å². The van der Waals surface area contributed by atoms with Crippen LogP contribution in [0.25, 0.3) is 11.1 Å². The lowest BCUT2D eigenvalue weighted by atomic mass is 10.1. The predicted octanol–water partition coefficient (Wildman–Crippen LogP) is 2.40. The molecule has 0 saturated heterocycles. The third kappa shape index (κ3) is 5.10. The summed E-state index contributed by atoms with van der Waals surface area (Å²) in [5.41, 5.74) is 25.6. The molecule has 3 rings (SSSR count). The molecular formula is C20H20N4O2. The van der Waals surface area contributed by atoms with Crippen molar-refractivity contribution in [2.24, 2.45) is 11.5 Å². The summed E-state index contributed by atoms with van der Waals surface area (Å²) < 4.78 is 0. The van der Waals surface area contributed by atoms with E-state index in [-0.39, 0.29) is 11.1 Å². The number of anilines is 2. The maximum absolute atomic E-state index is 10.6. The summed E-state index contributed by atoms with van der Waals surface area (Å²) in [5, 5.41) is 0. The van der Waals surface area contributed by atoms with E-state index >= 15 is 0 Å². The molecular weight excluding hydrogens is 328 g/mol. The SMILES string of the molecule is NC(=O)c1cccc(C(N)=O)c1.Nc1ccc(-c2ccc(N)cc2)cc1. The third-order valence-electron chi connectivity index (χ3n) is 3.59. The number of carbonyl (C=O) groups excluding carboxylic acids is 2. The minimum absolute atomic E-state index is 0.284. The zero-order valence-corrected chi connectivity index (χ0v) is 14.1. The first kappa shape index (κ1) is 18.5. The summed E-state index contributed by atoms with van der Waals surface area (Å²) in [7, 11) is 0. The van der Waals surface area contributed by atoms with Gasteiger partial charge in [-0.3, -0.25) is 9.59 Å². The van der Waals surface area contributed by atoms with Crippen LogP contribution in [-0.2, 0) is 0 Å². The maximum Gasteiger partial charge on any atom is 0.248 e. The summed E-state index contributed by atoms with van der Waals surface area (Å²) in [6, 6.07) is 21.5. The van der Waals surface area contributed by atoms with Gasteiger partial charge in [0.15, 0.2) is 0 Å². The topological polar surface area (TPSA) is 138 Å². The van der Waals surface area contributed by atoms with Crippen LogP contribution in [0, 0.1) is 0 Å². The van der Waals surface area contributed by atoms with Gasteiger partial charge in [0, 0.05) is 22.5 Å². The average Bonchev–Trinajstić information content (AvgIpc) is 2.64. The number of carbonyl (C=O) groups is 2. The van der Waals surface area contributed by atoms with Crippen molar-refractivity contribution in [1.82, 2.24) is 0 Å². The second-order valence-corrected chi connectivity index (χ2v) is 5.55. The number of rotatable bonds is 3. The van der Waals surface area contributed by atoms with Gasteiger partial charge in [0.05, 0.1) is 0 Å². The Bertz CT molecular complexity index is 831. The molecule has 3 aromatic rings. The van der Waals surface area contributed by atoms with Gasteiger partial charge in [-0.15, -0.1) is 0 Å². The highest BCUT2D eigenvalue weighted by Gasteiger charge is 2.03. The zero-order chi connectivity index (χ0) is 19.1. The van der Waals surface area contributed by atoms with Crippen molar-refractivity contribution in [3.05, 3.63) is 83.9 Å². The minimum Gasteiger partial charge on any atom is -0.399 e. The molecule has 6 heteroatoms. The first-order valence-corrected chi connectivity index (χ1v) is 7.78. The van der Waals surface area contributed by atoms with Gasteiger partial charge in [-0.1, -0.05) is 30.3 Å². The lowest BCUT2D eigenvalue weighted by Gasteiger charge is -2.02. The molecule has 0 aliphatic carbocycles. The molecule has 132 valence electrons. The Morgan fingerprint density at radius 2 is 0.923 bits per heavy atom. The van der Waals surface area contributed by atoms with Gasteiger partial charge in [0.25, 0.3) is 0 Å². The number of primary amides is 2. The Morgan fingerprint density at radius 1 is 0.577 bits per heavy atom.